The third-order valence-corrected chi connectivity index (χ3v) is 2.30. The van der Waals surface area contributed by atoms with Gasteiger partial charge in [0.05, 0.1) is 6.04 Å². The van der Waals surface area contributed by atoms with Gasteiger partial charge in [0, 0.05) is 14.2 Å². The van der Waals surface area contributed by atoms with Gasteiger partial charge < -0.3 is 14.8 Å². The van der Waals surface area contributed by atoms with Crippen molar-refractivity contribution in [2.45, 2.75) is 19.3 Å². The van der Waals surface area contributed by atoms with Gasteiger partial charge in [-0.3, -0.25) is 4.79 Å². The Morgan fingerprint density at radius 2 is 1.75 bits per heavy atom. The summed E-state index contributed by atoms with van der Waals surface area (Å²) in [6.45, 7) is 1.91. The van der Waals surface area contributed by atoms with Gasteiger partial charge >= 0.3 is 0 Å². The highest BCUT2D eigenvalue weighted by Crippen LogP contribution is 2.11. The van der Waals surface area contributed by atoms with Gasteiger partial charge in [0.15, 0.2) is 0 Å². The monoisotopic (exact) mass is 223 g/mol. The number of hydrogen-bond acceptors (Lipinski definition) is 3. The van der Waals surface area contributed by atoms with E-state index in [1.54, 1.807) is 0 Å². The van der Waals surface area contributed by atoms with Crippen LogP contribution >= 0.6 is 0 Å². The fraction of sp³-hybridized carbons (Fsp3) is 0.417. The Morgan fingerprint density at radius 3 is 2.25 bits per heavy atom. The Hall–Kier alpha value is -1.39. The highest BCUT2D eigenvalue weighted by molar-refractivity contribution is 5.79. The molecule has 0 saturated carbocycles. The minimum Gasteiger partial charge on any atom is -0.348 e. The zero-order chi connectivity index (χ0) is 12.0. The van der Waals surface area contributed by atoms with Crippen molar-refractivity contribution in [2.24, 2.45) is 0 Å². The average Bonchev–Trinajstić information content (AvgIpc) is 2.31. The molecule has 0 aliphatic carbocycles. The van der Waals surface area contributed by atoms with Crippen LogP contribution in [0.3, 0.4) is 0 Å². The second kappa shape index (κ2) is 6.25. The van der Waals surface area contributed by atoms with Crippen molar-refractivity contribution in [3.8, 4) is 0 Å². The van der Waals surface area contributed by atoms with Crippen molar-refractivity contribution >= 4 is 5.91 Å². The van der Waals surface area contributed by atoms with Crippen LogP contribution in [0, 0.1) is 0 Å². The highest BCUT2D eigenvalue weighted by Gasteiger charge is 2.18. The summed E-state index contributed by atoms with van der Waals surface area (Å²) in [5.41, 5.74) is 1.04. The molecule has 1 unspecified atom stereocenters. The lowest BCUT2D eigenvalue weighted by atomic mass is 10.1. The first-order valence-corrected chi connectivity index (χ1v) is 5.10. The molecule has 88 valence electrons. The van der Waals surface area contributed by atoms with Gasteiger partial charge in [-0.05, 0) is 12.5 Å². The molecule has 0 radical (unpaired) electrons. The number of carbonyl (C=O) groups is 1. The Balaban J connectivity index is 2.58. The molecule has 0 aliphatic heterocycles. The van der Waals surface area contributed by atoms with E-state index in [0.29, 0.717) is 0 Å². The van der Waals surface area contributed by atoms with Crippen LogP contribution in [-0.2, 0) is 14.3 Å². The predicted molar refractivity (Wildman–Crippen MR) is 60.8 cm³/mol. The van der Waals surface area contributed by atoms with Crippen LogP contribution in [0.4, 0.5) is 0 Å². The van der Waals surface area contributed by atoms with E-state index in [1.165, 1.54) is 14.2 Å². The maximum atomic E-state index is 11.6. The number of amides is 1. The second-order valence-electron chi connectivity index (χ2n) is 3.44. The first kappa shape index (κ1) is 12.7. The fourth-order valence-electron chi connectivity index (χ4n) is 1.42. The molecule has 1 N–H and O–H groups in total. The van der Waals surface area contributed by atoms with E-state index in [-0.39, 0.29) is 11.9 Å². The Labute approximate surface area is 95.6 Å². The van der Waals surface area contributed by atoms with Crippen LogP contribution in [0.25, 0.3) is 0 Å². The van der Waals surface area contributed by atoms with Gasteiger partial charge in [0.25, 0.3) is 5.91 Å². The summed E-state index contributed by atoms with van der Waals surface area (Å²) < 4.78 is 9.73. The SMILES string of the molecule is COC(OC)C(=O)NC(C)c1ccccc1. The lowest BCUT2D eigenvalue weighted by Gasteiger charge is -2.18. The van der Waals surface area contributed by atoms with E-state index in [9.17, 15) is 4.79 Å². The quantitative estimate of drug-likeness (QED) is 0.769. The van der Waals surface area contributed by atoms with Gasteiger partial charge in [-0.15, -0.1) is 0 Å². The van der Waals surface area contributed by atoms with Gasteiger partial charge in [-0.1, -0.05) is 30.3 Å². The number of benzene rings is 1. The number of methoxy groups -OCH3 is 2. The molecule has 16 heavy (non-hydrogen) atoms. The Morgan fingerprint density at radius 1 is 1.19 bits per heavy atom. The molecule has 1 rings (SSSR count). The fourth-order valence-corrected chi connectivity index (χ4v) is 1.42. The summed E-state index contributed by atoms with van der Waals surface area (Å²) >= 11 is 0. The molecule has 1 atom stereocenters. The van der Waals surface area contributed by atoms with Gasteiger partial charge in [0.1, 0.15) is 0 Å². The Bertz CT molecular complexity index is 322. The zero-order valence-electron chi connectivity index (χ0n) is 9.77. The van der Waals surface area contributed by atoms with Crippen LogP contribution in [0.15, 0.2) is 30.3 Å². The van der Waals surface area contributed by atoms with E-state index < -0.39 is 6.29 Å². The van der Waals surface area contributed by atoms with Crippen LogP contribution < -0.4 is 5.32 Å². The zero-order valence-corrected chi connectivity index (χ0v) is 9.77. The van der Waals surface area contributed by atoms with Crippen molar-refractivity contribution in [1.29, 1.82) is 0 Å². The molecule has 1 aromatic carbocycles. The lowest BCUT2D eigenvalue weighted by Crippen LogP contribution is -2.38. The number of ether oxygens (including phenoxy) is 2. The van der Waals surface area contributed by atoms with Crippen molar-refractivity contribution < 1.29 is 14.3 Å². The predicted octanol–water partition coefficient (Wildman–Crippen LogP) is 1.48. The number of nitrogens with one attached hydrogen (secondary N) is 1. The van der Waals surface area contributed by atoms with Crippen LogP contribution in [-0.4, -0.2) is 26.4 Å². The molecular weight excluding hydrogens is 206 g/mol. The van der Waals surface area contributed by atoms with Crippen LogP contribution in [0.2, 0.25) is 0 Å². The third kappa shape index (κ3) is 3.32. The van der Waals surface area contributed by atoms with Gasteiger partial charge in [-0.2, -0.15) is 0 Å². The van der Waals surface area contributed by atoms with Crippen molar-refractivity contribution in [1.82, 2.24) is 5.32 Å². The molecule has 0 aromatic heterocycles. The summed E-state index contributed by atoms with van der Waals surface area (Å²) in [6, 6.07) is 9.65. The molecule has 1 aromatic rings. The van der Waals surface area contributed by atoms with Crippen LogP contribution in [0.5, 0.6) is 0 Å². The van der Waals surface area contributed by atoms with E-state index in [2.05, 4.69) is 5.32 Å². The van der Waals surface area contributed by atoms with Gasteiger partial charge in [-0.25, -0.2) is 0 Å². The summed E-state index contributed by atoms with van der Waals surface area (Å²) in [5.74, 6) is -0.277. The first-order valence-electron chi connectivity index (χ1n) is 5.10. The molecule has 1 amide bonds. The second-order valence-corrected chi connectivity index (χ2v) is 3.44. The molecule has 4 nitrogen and oxygen atoms in total. The summed E-state index contributed by atoms with van der Waals surface area (Å²) in [5, 5.41) is 2.81. The summed E-state index contributed by atoms with van der Waals surface area (Å²) in [4.78, 5) is 11.6. The molecule has 0 saturated heterocycles. The Kier molecular flexibility index (Phi) is 4.95. The highest BCUT2D eigenvalue weighted by atomic mass is 16.7. The van der Waals surface area contributed by atoms with E-state index in [0.717, 1.165) is 5.56 Å². The van der Waals surface area contributed by atoms with Crippen molar-refractivity contribution in [3.63, 3.8) is 0 Å². The molecule has 0 bridgehead atoms. The maximum absolute atomic E-state index is 11.6. The number of rotatable bonds is 5. The maximum Gasteiger partial charge on any atom is 0.277 e. The van der Waals surface area contributed by atoms with Crippen molar-refractivity contribution in [3.05, 3.63) is 35.9 Å². The molecule has 0 heterocycles. The third-order valence-electron chi connectivity index (χ3n) is 2.30. The van der Waals surface area contributed by atoms with E-state index >= 15 is 0 Å². The topological polar surface area (TPSA) is 47.6 Å². The molecule has 0 spiro atoms. The smallest absolute Gasteiger partial charge is 0.277 e. The van der Waals surface area contributed by atoms with Crippen molar-refractivity contribution in [2.75, 3.05) is 14.2 Å². The normalized spacial score (nSPS) is 12.5. The number of hydrogen-bond donors (Lipinski definition) is 1. The first-order chi connectivity index (χ1) is 7.69. The molecular formula is C12H17NO3. The van der Waals surface area contributed by atoms with Crippen LogP contribution in [0.1, 0.15) is 18.5 Å². The van der Waals surface area contributed by atoms with E-state index in [4.69, 9.17) is 9.47 Å². The van der Waals surface area contributed by atoms with Gasteiger partial charge in [0.2, 0.25) is 6.29 Å². The average molecular weight is 223 g/mol. The summed E-state index contributed by atoms with van der Waals surface area (Å²) in [6.07, 6.45) is -0.855. The minimum atomic E-state index is -0.855. The number of carbonyl (C=O) groups excluding carboxylic acids is 1. The van der Waals surface area contributed by atoms with E-state index in [1.807, 2.05) is 37.3 Å². The molecule has 0 aliphatic rings. The minimum absolute atomic E-state index is 0.0681. The molecule has 4 heteroatoms. The molecule has 0 fully saturated rings. The lowest BCUT2D eigenvalue weighted by molar-refractivity contribution is -0.159. The summed E-state index contributed by atoms with van der Waals surface area (Å²) in [7, 11) is 2.86. The largest absolute Gasteiger partial charge is 0.348 e. The standard InChI is InChI=1S/C12H17NO3/c1-9(10-7-5-4-6-8-10)13-11(14)12(15-2)16-3/h4-9,12H,1-3H3,(H,13,14).